The van der Waals surface area contributed by atoms with Gasteiger partial charge in [-0.2, -0.15) is 0 Å². The zero-order valence-corrected chi connectivity index (χ0v) is 14.7. The number of fused-ring (bicyclic) bond motifs is 1. The molecule has 25 heavy (non-hydrogen) atoms. The molecule has 0 aromatic carbocycles. The first-order chi connectivity index (χ1) is 11.8. The summed E-state index contributed by atoms with van der Waals surface area (Å²) < 4.78 is 6.24. The van der Waals surface area contributed by atoms with Crippen LogP contribution in [0.4, 0.5) is 0 Å². The van der Waals surface area contributed by atoms with Gasteiger partial charge in [-0.05, 0) is 62.0 Å². The number of hydrogen-bond acceptors (Lipinski definition) is 4. The second kappa shape index (κ2) is 4.54. The Morgan fingerprint density at radius 2 is 1.92 bits per heavy atom. The van der Waals surface area contributed by atoms with Gasteiger partial charge in [0.25, 0.3) is 0 Å². The van der Waals surface area contributed by atoms with Gasteiger partial charge >= 0.3 is 5.97 Å². The Balaban J connectivity index is 1.63. The molecule has 2 bridgehead atoms. The Bertz CT molecular complexity index is 742. The van der Waals surface area contributed by atoms with Crippen molar-refractivity contribution in [1.29, 1.82) is 0 Å². The minimum atomic E-state index is -0.571. The van der Waals surface area contributed by atoms with Gasteiger partial charge in [0.1, 0.15) is 5.60 Å². The van der Waals surface area contributed by atoms with E-state index >= 15 is 0 Å². The average molecular weight is 343 g/mol. The van der Waals surface area contributed by atoms with Crippen LogP contribution < -0.4 is 5.73 Å². The maximum Gasteiger partial charge on any atom is 0.317 e. The fourth-order valence-electron chi connectivity index (χ4n) is 7.54. The highest BCUT2D eigenvalue weighted by atomic mass is 16.6. The van der Waals surface area contributed by atoms with Crippen molar-refractivity contribution in [2.45, 2.75) is 63.9 Å². The molecule has 5 nitrogen and oxygen atoms in total. The van der Waals surface area contributed by atoms with E-state index < -0.39 is 11.0 Å². The highest BCUT2D eigenvalue weighted by Gasteiger charge is 2.75. The van der Waals surface area contributed by atoms with E-state index in [0.717, 1.165) is 44.1 Å². The fourth-order valence-corrected chi connectivity index (χ4v) is 7.54. The molecule has 3 saturated carbocycles. The number of ketones is 1. The van der Waals surface area contributed by atoms with Crippen LogP contribution in [0.2, 0.25) is 0 Å². The Morgan fingerprint density at radius 1 is 1.12 bits per heavy atom. The molecule has 1 amide bonds. The summed E-state index contributed by atoms with van der Waals surface area (Å²) in [5.41, 5.74) is 5.53. The first kappa shape index (κ1) is 15.6. The summed E-state index contributed by atoms with van der Waals surface area (Å²) in [5.74, 6) is 0.0687. The number of amides is 1. The van der Waals surface area contributed by atoms with Gasteiger partial charge in [0.2, 0.25) is 5.91 Å². The van der Waals surface area contributed by atoms with Crippen molar-refractivity contribution in [3.63, 3.8) is 0 Å². The molecule has 6 atom stereocenters. The molecule has 1 aliphatic heterocycles. The van der Waals surface area contributed by atoms with E-state index in [1.165, 1.54) is 0 Å². The lowest BCUT2D eigenvalue weighted by atomic mass is 9.46. The SMILES string of the molecule is CC12CCC3C45CCC(=O)C=C4CCC3(OC5=O)C1CCC2C(N)=O. The Labute approximate surface area is 147 Å². The smallest absolute Gasteiger partial charge is 0.317 e. The van der Waals surface area contributed by atoms with E-state index in [2.05, 4.69) is 6.92 Å². The first-order valence-corrected chi connectivity index (χ1v) is 9.61. The standard InChI is InChI=1S/C20H25NO4/c1-18-7-6-15-19-8-5-12(22)10-11(19)4-9-20(15,25-17(19)24)14(18)3-2-13(18)16(21)23/h10,13-15H,2-9H2,1H3,(H2,21,23). The van der Waals surface area contributed by atoms with E-state index in [-0.39, 0.29) is 40.8 Å². The van der Waals surface area contributed by atoms with Crippen LogP contribution in [0.15, 0.2) is 11.6 Å². The van der Waals surface area contributed by atoms with E-state index in [0.29, 0.717) is 12.8 Å². The Kier molecular flexibility index (Phi) is 2.83. The van der Waals surface area contributed by atoms with Crippen LogP contribution in [0, 0.1) is 28.6 Å². The normalized spacial score (nSPS) is 50.4. The second-order valence-corrected chi connectivity index (χ2v) is 9.13. The molecule has 4 aliphatic carbocycles. The van der Waals surface area contributed by atoms with Crippen molar-refractivity contribution < 1.29 is 19.1 Å². The summed E-state index contributed by atoms with van der Waals surface area (Å²) in [4.78, 5) is 37.1. The minimum absolute atomic E-state index is 0.111. The molecular formula is C20H25NO4. The van der Waals surface area contributed by atoms with Crippen molar-refractivity contribution in [2.75, 3.05) is 0 Å². The quantitative estimate of drug-likeness (QED) is 0.740. The van der Waals surface area contributed by atoms with Crippen LogP contribution in [-0.2, 0) is 19.1 Å². The highest BCUT2D eigenvalue weighted by Crippen LogP contribution is 2.72. The average Bonchev–Trinajstić information content (AvgIpc) is 2.99. The molecule has 5 heteroatoms. The highest BCUT2D eigenvalue weighted by molar-refractivity contribution is 5.96. The number of nitrogens with two attached hydrogens (primary N) is 1. The van der Waals surface area contributed by atoms with Gasteiger partial charge in [-0.3, -0.25) is 14.4 Å². The fraction of sp³-hybridized carbons (Fsp3) is 0.750. The molecular weight excluding hydrogens is 318 g/mol. The maximum absolute atomic E-state index is 13.1. The van der Waals surface area contributed by atoms with E-state index in [9.17, 15) is 14.4 Å². The van der Waals surface area contributed by atoms with E-state index in [1.54, 1.807) is 6.08 Å². The summed E-state index contributed by atoms with van der Waals surface area (Å²) in [6, 6.07) is 0. The largest absolute Gasteiger partial charge is 0.458 e. The van der Waals surface area contributed by atoms with Crippen molar-refractivity contribution >= 4 is 17.7 Å². The number of ether oxygens (including phenoxy) is 1. The molecule has 5 rings (SSSR count). The van der Waals surface area contributed by atoms with E-state index in [4.69, 9.17) is 10.5 Å². The first-order valence-electron chi connectivity index (χ1n) is 9.61. The van der Waals surface area contributed by atoms with Gasteiger partial charge in [-0.25, -0.2) is 0 Å². The lowest BCUT2D eigenvalue weighted by molar-refractivity contribution is -0.170. The molecule has 1 spiro atoms. The summed E-state index contributed by atoms with van der Waals surface area (Å²) in [5, 5.41) is 0. The third-order valence-electron chi connectivity index (χ3n) is 8.53. The van der Waals surface area contributed by atoms with Crippen molar-refractivity contribution in [1.82, 2.24) is 0 Å². The van der Waals surface area contributed by atoms with E-state index in [1.807, 2.05) is 0 Å². The molecule has 6 unspecified atom stereocenters. The summed E-state index contributed by atoms with van der Waals surface area (Å²) in [6.45, 7) is 2.18. The van der Waals surface area contributed by atoms with Crippen molar-refractivity contribution in [3.05, 3.63) is 11.6 Å². The van der Waals surface area contributed by atoms with Gasteiger partial charge in [0, 0.05) is 24.2 Å². The third-order valence-corrected chi connectivity index (χ3v) is 8.53. The molecule has 2 N–H and O–H groups in total. The van der Waals surface area contributed by atoms with Gasteiger partial charge < -0.3 is 10.5 Å². The van der Waals surface area contributed by atoms with Gasteiger partial charge in [-0.15, -0.1) is 0 Å². The topological polar surface area (TPSA) is 86.5 Å². The zero-order valence-electron chi connectivity index (χ0n) is 14.7. The van der Waals surface area contributed by atoms with Crippen LogP contribution >= 0.6 is 0 Å². The van der Waals surface area contributed by atoms with Crippen LogP contribution in [0.3, 0.4) is 0 Å². The lowest BCUT2D eigenvalue weighted by Crippen LogP contribution is -2.59. The number of rotatable bonds is 1. The van der Waals surface area contributed by atoms with Crippen LogP contribution in [0.1, 0.15) is 58.3 Å². The van der Waals surface area contributed by atoms with Crippen LogP contribution in [0.5, 0.6) is 0 Å². The predicted octanol–water partition coefficient (Wildman–Crippen LogP) is 2.28. The Hall–Kier alpha value is -1.65. The molecule has 0 aromatic rings. The van der Waals surface area contributed by atoms with Crippen LogP contribution in [0.25, 0.3) is 0 Å². The number of hydrogen-bond donors (Lipinski definition) is 1. The molecule has 0 aromatic heterocycles. The van der Waals surface area contributed by atoms with Gasteiger partial charge in [0.05, 0.1) is 5.41 Å². The van der Waals surface area contributed by atoms with Gasteiger partial charge in [0.15, 0.2) is 5.78 Å². The van der Waals surface area contributed by atoms with Gasteiger partial charge in [-0.1, -0.05) is 6.92 Å². The number of esters is 1. The molecule has 0 radical (unpaired) electrons. The lowest BCUT2D eigenvalue weighted by Gasteiger charge is -2.56. The maximum atomic E-state index is 13.1. The molecule has 1 saturated heterocycles. The summed E-state index contributed by atoms with van der Waals surface area (Å²) in [6.07, 6.45) is 7.83. The number of carbonyl (C=O) groups excluding carboxylic acids is 3. The molecule has 1 heterocycles. The van der Waals surface area contributed by atoms with Crippen LogP contribution in [-0.4, -0.2) is 23.3 Å². The molecule has 134 valence electrons. The third kappa shape index (κ3) is 1.59. The molecule has 4 fully saturated rings. The predicted molar refractivity (Wildman–Crippen MR) is 89.1 cm³/mol. The number of primary amides is 1. The Morgan fingerprint density at radius 3 is 2.68 bits per heavy atom. The second-order valence-electron chi connectivity index (χ2n) is 9.13. The summed E-state index contributed by atoms with van der Waals surface area (Å²) in [7, 11) is 0. The molecule has 5 aliphatic rings. The van der Waals surface area contributed by atoms with Crippen molar-refractivity contribution in [2.24, 2.45) is 34.3 Å². The minimum Gasteiger partial charge on any atom is -0.458 e. The zero-order chi connectivity index (χ0) is 17.6. The summed E-state index contributed by atoms with van der Waals surface area (Å²) >= 11 is 0. The monoisotopic (exact) mass is 343 g/mol. The number of carbonyl (C=O) groups is 3. The van der Waals surface area contributed by atoms with Crippen molar-refractivity contribution in [3.8, 4) is 0 Å².